The summed E-state index contributed by atoms with van der Waals surface area (Å²) in [5.74, 6) is 1.44. The molecule has 4 rings (SSSR count). The summed E-state index contributed by atoms with van der Waals surface area (Å²) in [6.45, 7) is 0. The average Bonchev–Trinajstić information content (AvgIpc) is 3.35. The SMILES string of the molecule is O=C(/C=C/c1ccc(-c2cc(Cl)cc(Cl)c2)o1)c1ccc(-c2ccc(Cl)cc2Cl)o1. The largest absolute Gasteiger partial charge is 0.457 e. The maximum absolute atomic E-state index is 12.5. The Morgan fingerprint density at radius 1 is 0.733 bits per heavy atom. The van der Waals surface area contributed by atoms with Crippen LogP contribution in [0.3, 0.4) is 0 Å². The fourth-order valence-electron chi connectivity index (χ4n) is 2.84. The summed E-state index contributed by atoms with van der Waals surface area (Å²) in [6, 6.07) is 17.0. The van der Waals surface area contributed by atoms with E-state index in [1.165, 1.54) is 6.08 Å². The molecule has 0 saturated carbocycles. The number of hydrogen-bond donors (Lipinski definition) is 0. The second kappa shape index (κ2) is 8.75. The Morgan fingerprint density at radius 3 is 2.20 bits per heavy atom. The number of benzene rings is 2. The number of rotatable bonds is 5. The Kier molecular flexibility index (Phi) is 6.07. The van der Waals surface area contributed by atoms with E-state index in [1.807, 2.05) is 0 Å². The van der Waals surface area contributed by atoms with Crippen molar-refractivity contribution in [1.29, 1.82) is 0 Å². The van der Waals surface area contributed by atoms with Crippen LogP contribution in [0.2, 0.25) is 20.1 Å². The molecule has 150 valence electrons. The van der Waals surface area contributed by atoms with Crippen molar-refractivity contribution in [2.24, 2.45) is 0 Å². The predicted octanol–water partition coefficient (Wildman–Crippen LogP) is 8.72. The van der Waals surface area contributed by atoms with Gasteiger partial charge in [0, 0.05) is 26.2 Å². The van der Waals surface area contributed by atoms with Crippen LogP contribution in [0, 0.1) is 0 Å². The van der Waals surface area contributed by atoms with E-state index >= 15 is 0 Å². The van der Waals surface area contributed by atoms with Crippen LogP contribution in [0.1, 0.15) is 16.3 Å². The van der Waals surface area contributed by atoms with Crippen LogP contribution >= 0.6 is 46.4 Å². The average molecular weight is 478 g/mol. The molecule has 0 bridgehead atoms. The molecule has 2 aromatic heterocycles. The fourth-order valence-corrected chi connectivity index (χ4v) is 3.87. The lowest BCUT2D eigenvalue weighted by atomic mass is 10.2. The maximum Gasteiger partial charge on any atom is 0.221 e. The monoisotopic (exact) mass is 476 g/mol. The normalized spacial score (nSPS) is 11.3. The van der Waals surface area contributed by atoms with Crippen molar-refractivity contribution < 1.29 is 13.6 Å². The topological polar surface area (TPSA) is 43.4 Å². The Labute approximate surface area is 192 Å². The minimum Gasteiger partial charge on any atom is -0.457 e. The fraction of sp³-hybridized carbons (Fsp3) is 0. The van der Waals surface area contributed by atoms with Crippen LogP contribution in [0.5, 0.6) is 0 Å². The molecule has 2 heterocycles. The Bertz CT molecular complexity index is 1250. The van der Waals surface area contributed by atoms with Crippen molar-refractivity contribution >= 4 is 58.3 Å². The van der Waals surface area contributed by atoms with Crippen molar-refractivity contribution in [3.8, 4) is 22.6 Å². The smallest absolute Gasteiger partial charge is 0.221 e. The maximum atomic E-state index is 12.5. The van der Waals surface area contributed by atoms with Gasteiger partial charge in [0.1, 0.15) is 17.3 Å². The van der Waals surface area contributed by atoms with Crippen LogP contribution in [-0.2, 0) is 0 Å². The Morgan fingerprint density at radius 2 is 1.47 bits per heavy atom. The number of carbonyl (C=O) groups excluding carboxylic acids is 1. The minimum absolute atomic E-state index is 0.181. The minimum atomic E-state index is -0.310. The summed E-state index contributed by atoms with van der Waals surface area (Å²) < 4.78 is 11.4. The van der Waals surface area contributed by atoms with Crippen LogP contribution < -0.4 is 0 Å². The lowest BCUT2D eigenvalue weighted by Gasteiger charge is -2.00. The van der Waals surface area contributed by atoms with Gasteiger partial charge in [0.05, 0.1) is 5.02 Å². The van der Waals surface area contributed by atoms with Crippen molar-refractivity contribution in [2.75, 3.05) is 0 Å². The van der Waals surface area contributed by atoms with E-state index in [-0.39, 0.29) is 11.5 Å². The first-order valence-corrected chi connectivity index (χ1v) is 10.2. The van der Waals surface area contributed by atoms with E-state index in [4.69, 9.17) is 55.2 Å². The third-order valence-electron chi connectivity index (χ3n) is 4.22. The zero-order valence-electron chi connectivity index (χ0n) is 15.2. The van der Waals surface area contributed by atoms with Crippen molar-refractivity contribution in [3.63, 3.8) is 0 Å². The first-order valence-electron chi connectivity index (χ1n) is 8.73. The van der Waals surface area contributed by atoms with Gasteiger partial charge in [-0.15, -0.1) is 0 Å². The highest BCUT2D eigenvalue weighted by atomic mass is 35.5. The molecular formula is C23H12Cl4O3. The van der Waals surface area contributed by atoms with E-state index in [0.717, 1.165) is 5.56 Å². The van der Waals surface area contributed by atoms with Crippen LogP contribution in [0.15, 0.2) is 75.6 Å². The molecule has 0 aliphatic carbocycles. The third-order valence-corrected chi connectivity index (χ3v) is 5.20. The summed E-state index contributed by atoms with van der Waals surface area (Å²) >= 11 is 24.2. The zero-order chi connectivity index (χ0) is 21.3. The molecule has 7 heteroatoms. The highest BCUT2D eigenvalue weighted by Gasteiger charge is 2.13. The molecule has 0 spiro atoms. The second-order valence-corrected chi connectivity index (χ2v) is 8.06. The molecule has 0 saturated heterocycles. The van der Waals surface area contributed by atoms with Gasteiger partial charge in [0.15, 0.2) is 5.76 Å². The molecule has 0 aliphatic heterocycles. The van der Waals surface area contributed by atoms with Gasteiger partial charge in [-0.2, -0.15) is 0 Å². The molecule has 3 nitrogen and oxygen atoms in total. The first-order chi connectivity index (χ1) is 14.4. The Hall–Kier alpha value is -2.43. The molecule has 0 radical (unpaired) electrons. The third kappa shape index (κ3) is 4.66. The molecule has 0 amide bonds. The van der Waals surface area contributed by atoms with E-state index in [1.54, 1.807) is 66.7 Å². The standard InChI is InChI=1S/C23H12Cl4O3/c24-14-1-4-18(19(27)12-14)22-7-8-23(30-22)20(28)5-2-17-3-6-21(29-17)13-9-15(25)11-16(26)10-13/h1-12H/b5-2+. The lowest BCUT2D eigenvalue weighted by Crippen LogP contribution is -1.90. The van der Waals surface area contributed by atoms with Crippen molar-refractivity contribution in [1.82, 2.24) is 0 Å². The molecule has 0 aliphatic rings. The summed E-state index contributed by atoms with van der Waals surface area (Å²) in [6.07, 6.45) is 2.94. The molecule has 0 atom stereocenters. The van der Waals surface area contributed by atoms with Gasteiger partial charge in [0.2, 0.25) is 5.78 Å². The van der Waals surface area contributed by atoms with Gasteiger partial charge in [-0.3, -0.25) is 4.79 Å². The number of ketones is 1. The van der Waals surface area contributed by atoms with Gasteiger partial charge in [0.25, 0.3) is 0 Å². The highest BCUT2D eigenvalue weighted by molar-refractivity contribution is 6.36. The summed E-state index contributed by atoms with van der Waals surface area (Å²) in [5.41, 5.74) is 1.40. The van der Waals surface area contributed by atoms with Crippen LogP contribution in [-0.4, -0.2) is 5.78 Å². The summed E-state index contributed by atoms with van der Waals surface area (Å²) in [4.78, 5) is 12.5. The number of furan rings is 2. The van der Waals surface area contributed by atoms with Gasteiger partial charge in [-0.25, -0.2) is 0 Å². The molecule has 4 aromatic rings. The second-order valence-electron chi connectivity index (χ2n) is 6.35. The number of halogens is 4. The first kappa shape index (κ1) is 20.8. The predicted molar refractivity (Wildman–Crippen MR) is 122 cm³/mol. The molecular weight excluding hydrogens is 466 g/mol. The van der Waals surface area contributed by atoms with Crippen LogP contribution in [0.25, 0.3) is 28.7 Å². The molecule has 2 aromatic carbocycles. The van der Waals surface area contributed by atoms with E-state index in [9.17, 15) is 4.79 Å². The van der Waals surface area contributed by atoms with Gasteiger partial charge < -0.3 is 8.83 Å². The molecule has 0 N–H and O–H groups in total. The van der Waals surface area contributed by atoms with Crippen LogP contribution in [0.4, 0.5) is 0 Å². The lowest BCUT2D eigenvalue weighted by molar-refractivity contribution is 0.102. The number of carbonyl (C=O) groups is 1. The van der Waals surface area contributed by atoms with Crippen molar-refractivity contribution in [3.05, 3.63) is 98.4 Å². The van der Waals surface area contributed by atoms with Gasteiger partial charge in [-0.1, -0.05) is 46.4 Å². The quantitative estimate of drug-likeness (QED) is 0.213. The van der Waals surface area contributed by atoms with Gasteiger partial charge >= 0.3 is 0 Å². The Balaban J connectivity index is 1.51. The molecule has 0 unspecified atom stereocenters. The molecule has 0 fully saturated rings. The van der Waals surface area contributed by atoms with E-state index in [0.29, 0.717) is 42.9 Å². The van der Waals surface area contributed by atoms with Gasteiger partial charge in [-0.05, 0) is 72.8 Å². The van der Waals surface area contributed by atoms with E-state index < -0.39 is 0 Å². The zero-order valence-corrected chi connectivity index (χ0v) is 18.2. The van der Waals surface area contributed by atoms with Crippen molar-refractivity contribution in [2.45, 2.75) is 0 Å². The number of allylic oxidation sites excluding steroid dienone is 1. The molecule has 30 heavy (non-hydrogen) atoms. The summed E-state index contributed by atoms with van der Waals surface area (Å²) in [5, 5.41) is 1.98. The number of hydrogen-bond acceptors (Lipinski definition) is 3. The highest BCUT2D eigenvalue weighted by Crippen LogP contribution is 2.32. The summed E-state index contributed by atoms with van der Waals surface area (Å²) in [7, 11) is 0. The van der Waals surface area contributed by atoms with E-state index in [2.05, 4.69) is 0 Å².